The van der Waals surface area contributed by atoms with E-state index in [1.54, 1.807) is 24.8 Å². The summed E-state index contributed by atoms with van der Waals surface area (Å²) >= 11 is 0. The molecule has 0 unspecified atom stereocenters. The van der Waals surface area contributed by atoms with Crippen LogP contribution in [0.1, 0.15) is 0 Å². The SMILES string of the molecule is [Os+2].[c-]1c(-c2ccccn2)cccc1-c1ccccn1.[c-]1c(-c2ccccn2)cccc1-c1ccccn1. The fourth-order valence-corrected chi connectivity index (χ4v) is 3.62. The van der Waals surface area contributed by atoms with E-state index < -0.39 is 0 Å². The van der Waals surface area contributed by atoms with Crippen LogP contribution in [0, 0.1) is 12.1 Å². The van der Waals surface area contributed by atoms with Crippen LogP contribution in [0.4, 0.5) is 0 Å². The summed E-state index contributed by atoms with van der Waals surface area (Å²) in [7, 11) is 0. The van der Waals surface area contributed by atoms with Crippen LogP contribution in [0.3, 0.4) is 0 Å². The quantitative estimate of drug-likeness (QED) is 0.189. The molecule has 0 amide bonds. The van der Waals surface area contributed by atoms with Gasteiger partial charge in [0.2, 0.25) is 0 Å². The van der Waals surface area contributed by atoms with Crippen molar-refractivity contribution in [2.24, 2.45) is 0 Å². The Labute approximate surface area is 230 Å². The normalized spacial score (nSPS) is 9.95. The van der Waals surface area contributed by atoms with Gasteiger partial charge in [-0.05, 0) is 24.3 Å². The first-order chi connectivity index (χ1) is 17.9. The number of hydrogen-bond donors (Lipinski definition) is 0. The summed E-state index contributed by atoms with van der Waals surface area (Å²) in [6.45, 7) is 0. The van der Waals surface area contributed by atoms with Crippen LogP contribution in [0.25, 0.3) is 45.0 Å². The van der Waals surface area contributed by atoms with Crippen LogP contribution in [0.15, 0.2) is 134 Å². The zero-order valence-corrected chi connectivity index (χ0v) is 22.4. The van der Waals surface area contributed by atoms with Gasteiger partial charge in [-0.1, -0.05) is 70.8 Å². The first-order valence-electron chi connectivity index (χ1n) is 11.6. The second-order valence-corrected chi connectivity index (χ2v) is 7.82. The monoisotopic (exact) mass is 654 g/mol. The molecule has 6 aromatic rings. The van der Waals surface area contributed by atoms with Gasteiger partial charge in [0.25, 0.3) is 0 Å². The predicted octanol–water partition coefficient (Wildman–Crippen LogP) is 7.22. The Hall–Kier alpha value is -4.32. The minimum absolute atomic E-state index is 0. The fourth-order valence-electron chi connectivity index (χ4n) is 3.62. The van der Waals surface area contributed by atoms with E-state index in [-0.39, 0.29) is 19.8 Å². The maximum absolute atomic E-state index is 4.33. The molecule has 5 heteroatoms. The first-order valence-corrected chi connectivity index (χ1v) is 11.6. The van der Waals surface area contributed by atoms with Crippen LogP contribution in [-0.2, 0) is 19.8 Å². The summed E-state index contributed by atoms with van der Waals surface area (Å²) in [6.07, 6.45) is 7.15. The topological polar surface area (TPSA) is 51.6 Å². The van der Waals surface area contributed by atoms with Gasteiger partial charge in [0.15, 0.2) is 0 Å². The van der Waals surface area contributed by atoms with E-state index in [9.17, 15) is 0 Å². The van der Waals surface area contributed by atoms with Gasteiger partial charge in [0, 0.05) is 47.6 Å². The average Bonchev–Trinajstić information content (AvgIpc) is 2.99. The second kappa shape index (κ2) is 13.1. The van der Waals surface area contributed by atoms with Crippen molar-refractivity contribution in [2.75, 3.05) is 0 Å². The molecular formula is C32H22N4Os. The molecule has 178 valence electrons. The largest absolute Gasteiger partial charge is 2.00 e. The van der Waals surface area contributed by atoms with Crippen LogP contribution in [0.2, 0.25) is 0 Å². The van der Waals surface area contributed by atoms with E-state index in [0.29, 0.717) is 0 Å². The van der Waals surface area contributed by atoms with Gasteiger partial charge >= 0.3 is 19.8 Å². The van der Waals surface area contributed by atoms with Crippen molar-refractivity contribution in [3.05, 3.63) is 146 Å². The maximum atomic E-state index is 4.33. The third-order valence-corrected chi connectivity index (χ3v) is 5.35. The molecule has 0 aliphatic carbocycles. The van der Waals surface area contributed by atoms with Crippen LogP contribution in [0.5, 0.6) is 0 Å². The zero-order valence-electron chi connectivity index (χ0n) is 19.8. The van der Waals surface area contributed by atoms with Gasteiger partial charge in [-0.2, -0.15) is 0 Å². The van der Waals surface area contributed by atoms with Crippen LogP contribution in [-0.4, -0.2) is 19.9 Å². The molecule has 0 saturated heterocycles. The van der Waals surface area contributed by atoms with Gasteiger partial charge in [0.05, 0.1) is 0 Å². The molecule has 0 N–H and O–H groups in total. The third-order valence-electron chi connectivity index (χ3n) is 5.35. The van der Waals surface area contributed by atoms with E-state index in [4.69, 9.17) is 0 Å². The molecule has 0 spiro atoms. The van der Waals surface area contributed by atoms with Crippen molar-refractivity contribution >= 4 is 0 Å². The molecule has 4 aromatic heterocycles. The molecule has 37 heavy (non-hydrogen) atoms. The molecule has 0 bridgehead atoms. The Balaban J connectivity index is 0.000000168. The minimum Gasteiger partial charge on any atom is -0.295 e. The number of aromatic nitrogens is 4. The summed E-state index contributed by atoms with van der Waals surface area (Å²) in [5, 5.41) is 0. The standard InChI is InChI=1S/2C16H11N2.Os/c2*1-3-10-17-15(8-1)13-6-5-7-14(12-13)16-9-2-4-11-18-16;/h2*1-11H;/q2*-1;+2. The van der Waals surface area contributed by atoms with Gasteiger partial charge in [-0.3, -0.25) is 19.9 Å². The van der Waals surface area contributed by atoms with Crippen molar-refractivity contribution < 1.29 is 19.8 Å². The minimum atomic E-state index is 0. The number of pyridine rings is 4. The van der Waals surface area contributed by atoms with Gasteiger partial charge in [-0.15, -0.1) is 48.5 Å². The number of rotatable bonds is 4. The molecule has 0 fully saturated rings. The molecule has 4 nitrogen and oxygen atoms in total. The number of benzene rings is 2. The van der Waals surface area contributed by atoms with Crippen molar-refractivity contribution in [3.63, 3.8) is 0 Å². The molecule has 2 aromatic carbocycles. The fraction of sp³-hybridized carbons (Fsp3) is 0. The summed E-state index contributed by atoms with van der Waals surface area (Å²) in [5.41, 5.74) is 7.64. The Morgan fingerprint density at radius 1 is 0.324 bits per heavy atom. The molecule has 6 rings (SSSR count). The van der Waals surface area contributed by atoms with E-state index in [2.05, 4.69) is 32.1 Å². The predicted molar refractivity (Wildman–Crippen MR) is 143 cm³/mol. The van der Waals surface area contributed by atoms with Crippen molar-refractivity contribution in [1.29, 1.82) is 0 Å². The third kappa shape index (κ3) is 6.88. The van der Waals surface area contributed by atoms with Crippen LogP contribution < -0.4 is 0 Å². The van der Waals surface area contributed by atoms with Crippen molar-refractivity contribution in [3.8, 4) is 45.0 Å². The van der Waals surface area contributed by atoms with Crippen LogP contribution >= 0.6 is 0 Å². The molecule has 0 aliphatic rings. The van der Waals surface area contributed by atoms with E-state index >= 15 is 0 Å². The Kier molecular flexibility index (Phi) is 9.13. The Morgan fingerprint density at radius 2 is 0.595 bits per heavy atom. The molecule has 4 heterocycles. The van der Waals surface area contributed by atoms with Gasteiger partial charge in [0.1, 0.15) is 0 Å². The summed E-state index contributed by atoms with van der Waals surface area (Å²) < 4.78 is 0. The molecule has 0 atom stereocenters. The Bertz CT molecular complexity index is 1280. The van der Waals surface area contributed by atoms with E-state index in [0.717, 1.165) is 45.0 Å². The summed E-state index contributed by atoms with van der Waals surface area (Å²) in [4.78, 5) is 17.3. The van der Waals surface area contributed by atoms with Crippen molar-refractivity contribution in [1.82, 2.24) is 19.9 Å². The molecule has 0 saturated carbocycles. The van der Waals surface area contributed by atoms with Crippen molar-refractivity contribution in [2.45, 2.75) is 0 Å². The van der Waals surface area contributed by atoms with Gasteiger partial charge < -0.3 is 0 Å². The molecule has 0 aliphatic heterocycles. The Morgan fingerprint density at radius 3 is 0.811 bits per heavy atom. The smallest absolute Gasteiger partial charge is 0.295 e. The molecule has 0 radical (unpaired) electrons. The van der Waals surface area contributed by atoms with Gasteiger partial charge in [-0.25, -0.2) is 0 Å². The maximum Gasteiger partial charge on any atom is 2.00 e. The van der Waals surface area contributed by atoms with E-state index in [1.807, 2.05) is 109 Å². The summed E-state index contributed by atoms with van der Waals surface area (Å²) in [6, 6.07) is 42.2. The number of nitrogens with zero attached hydrogens (tertiary/aromatic N) is 4. The molecular weight excluding hydrogens is 631 g/mol. The second-order valence-electron chi connectivity index (χ2n) is 7.82. The van der Waals surface area contributed by atoms with E-state index in [1.165, 1.54) is 0 Å². The first kappa shape index (κ1) is 25.8. The number of hydrogen-bond acceptors (Lipinski definition) is 4. The zero-order chi connectivity index (χ0) is 24.4. The average molecular weight is 653 g/mol. The summed E-state index contributed by atoms with van der Waals surface area (Å²) in [5.74, 6) is 0.